The standard InChI is InChI=1S/C34H40O5S/c35-34(39-26-7-9-27(10-8-26)40(36,37)38)33-31(29-15-20-2-5-23(29)12-20)17-25(28-14-19-1-4-22(28)11-19)18-32(33)30-16-21-3-6-24(30)13-21/h7-10,17-24,28-30H,1-6,11-16H2,(H,36,37,38). The monoisotopic (exact) mass is 560 g/mol. The Kier molecular flexibility index (Phi) is 6.01. The average molecular weight is 561 g/mol. The molecule has 9 atom stereocenters. The predicted molar refractivity (Wildman–Crippen MR) is 152 cm³/mol. The maximum absolute atomic E-state index is 14.2. The van der Waals surface area contributed by atoms with Gasteiger partial charge in [-0.1, -0.05) is 31.4 Å². The zero-order valence-corrected chi connectivity index (χ0v) is 24.0. The van der Waals surface area contributed by atoms with Crippen molar-refractivity contribution in [3.8, 4) is 5.75 Å². The Bertz CT molecular complexity index is 1400. The predicted octanol–water partition coefficient (Wildman–Crippen LogP) is 7.86. The van der Waals surface area contributed by atoms with Gasteiger partial charge in [0, 0.05) is 0 Å². The van der Waals surface area contributed by atoms with Gasteiger partial charge in [0.2, 0.25) is 0 Å². The van der Waals surface area contributed by atoms with E-state index in [1.807, 2.05) is 0 Å². The lowest BCUT2D eigenvalue weighted by Gasteiger charge is -2.32. The molecule has 0 heterocycles. The largest absolute Gasteiger partial charge is 0.423 e. The fourth-order valence-corrected chi connectivity index (χ4v) is 11.0. The molecule has 8 rings (SSSR count). The molecule has 0 radical (unpaired) electrons. The molecule has 6 fully saturated rings. The van der Waals surface area contributed by atoms with Crippen LogP contribution in [0.4, 0.5) is 0 Å². The van der Waals surface area contributed by atoms with E-state index in [1.54, 1.807) is 0 Å². The van der Waals surface area contributed by atoms with Crippen molar-refractivity contribution in [1.82, 2.24) is 0 Å². The van der Waals surface area contributed by atoms with E-state index in [9.17, 15) is 17.8 Å². The van der Waals surface area contributed by atoms with E-state index in [0.29, 0.717) is 35.3 Å². The van der Waals surface area contributed by atoms with Crippen molar-refractivity contribution in [2.24, 2.45) is 35.5 Å². The fourth-order valence-electron chi connectivity index (χ4n) is 10.5. The molecule has 0 amide bonds. The molecule has 5 nitrogen and oxygen atoms in total. The minimum absolute atomic E-state index is 0.201. The van der Waals surface area contributed by atoms with Gasteiger partial charge in [-0.2, -0.15) is 8.42 Å². The van der Waals surface area contributed by atoms with Gasteiger partial charge in [-0.05, 0) is 152 Å². The van der Waals surface area contributed by atoms with Crippen molar-refractivity contribution in [1.29, 1.82) is 0 Å². The van der Waals surface area contributed by atoms with Crippen molar-refractivity contribution in [2.75, 3.05) is 0 Å². The second-order valence-electron chi connectivity index (χ2n) is 14.3. The van der Waals surface area contributed by atoms with Gasteiger partial charge in [0.15, 0.2) is 0 Å². The van der Waals surface area contributed by atoms with Crippen LogP contribution in [0.15, 0.2) is 41.3 Å². The third-order valence-corrected chi connectivity index (χ3v) is 13.1. The highest BCUT2D eigenvalue weighted by molar-refractivity contribution is 7.85. The summed E-state index contributed by atoms with van der Waals surface area (Å²) in [6.07, 6.45) is 15.6. The first kappa shape index (κ1) is 25.5. The van der Waals surface area contributed by atoms with E-state index in [2.05, 4.69) is 12.1 Å². The van der Waals surface area contributed by atoms with Crippen molar-refractivity contribution in [3.63, 3.8) is 0 Å². The van der Waals surface area contributed by atoms with Crippen LogP contribution in [0, 0.1) is 35.5 Å². The molecular formula is C34H40O5S. The number of carbonyl (C=O) groups excluding carboxylic acids is 1. The molecule has 40 heavy (non-hydrogen) atoms. The first-order chi connectivity index (χ1) is 19.3. The third-order valence-electron chi connectivity index (χ3n) is 12.2. The quantitative estimate of drug-likeness (QED) is 0.221. The fraction of sp³-hybridized carbons (Fsp3) is 0.618. The molecule has 0 aliphatic heterocycles. The second-order valence-corrected chi connectivity index (χ2v) is 15.7. The molecule has 6 aliphatic rings. The normalized spacial score (nSPS) is 37.5. The van der Waals surface area contributed by atoms with E-state index in [1.165, 1.54) is 118 Å². The highest BCUT2D eigenvalue weighted by Gasteiger charge is 2.47. The molecule has 0 saturated heterocycles. The van der Waals surface area contributed by atoms with Crippen LogP contribution in [0.2, 0.25) is 0 Å². The SMILES string of the molecule is O=C(Oc1ccc(S(=O)(=O)O)cc1)c1c(C2CC3CCC2C3)cc(C2CC3CCC2C3)cc1C1CC2CCC1C2. The summed E-state index contributed by atoms with van der Waals surface area (Å²) in [6.45, 7) is 0. The van der Waals surface area contributed by atoms with Crippen LogP contribution in [0.5, 0.6) is 5.75 Å². The van der Waals surface area contributed by atoms with Crippen LogP contribution in [-0.2, 0) is 10.1 Å². The first-order valence-electron chi connectivity index (χ1n) is 15.8. The van der Waals surface area contributed by atoms with Crippen LogP contribution in [0.25, 0.3) is 0 Å². The Morgan fingerprint density at radius 3 is 1.55 bits per heavy atom. The van der Waals surface area contributed by atoms with Gasteiger partial charge in [0.25, 0.3) is 10.1 Å². The molecule has 6 saturated carbocycles. The topological polar surface area (TPSA) is 80.7 Å². The van der Waals surface area contributed by atoms with E-state index < -0.39 is 10.1 Å². The van der Waals surface area contributed by atoms with Crippen molar-refractivity contribution < 1.29 is 22.5 Å². The maximum atomic E-state index is 14.2. The van der Waals surface area contributed by atoms with Crippen LogP contribution in [0.3, 0.4) is 0 Å². The molecule has 9 unspecified atom stereocenters. The van der Waals surface area contributed by atoms with E-state index in [4.69, 9.17) is 4.74 Å². The Hall–Kier alpha value is -2.18. The number of carbonyl (C=O) groups is 1. The van der Waals surface area contributed by atoms with Crippen molar-refractivity contribution in [2.45, 2.75) is 99.7 Å². The Morgan fingerprint density at radius 1 is 0.675 bits per heavy atom. The summed E-state index contributed by atoms with van der Waals surface area (Å²) in [4.78, 5) is 14.0. The molecule has 2 aromatic carbocycles. The molecule has 2 aromatic rings. The number of ether oxygens (including phenoxy) is 1. The van der Waals surface area contributed by atoms with Gasteiger partial charge in [0.1, 0.15) is 5.75 Å². The van der Waals surface area contributed by atoms with Gasteiger partial charge in [0.05, 0.1) is 10.5 Å². The lowest BCUT2D eigenvalue weighted by Crippen LogP contribution is -2.23. The average Bonchev–Trinajstić information content (AvgIpc) is 3.80. The summed E-state index contributed by atoms with van der Waals surface area (Å²) in [6, 6.07) is 10.4. The minimum Gasteiger partial charge on any atom is -0.423 e. The summed E-state index contributed by atoms with van der Waals surface area (Å²) in [7, 11) is -4.30. The first-order valence-corrected chi connectivity index (χ1v) is 17.2. The Balaban J connectivity index is 1.23. The number of hydrogen-bond acceptors (Lipinski definition) is 4. The van der Waals surface area contributed by atoms with E-state index >= 15 is 0 Å². The highest BCUT2D eigenvalue weighted by atomic mass is 32.2. The van der Waals surface area contributed by atoms with Gasteiger partial charge < -0.3 is 4.74 Å². The molecule has 0 spiro atoms. The summed E-state index contributed by atoms with van der Waals surface area (Å²) < 4.78 is 38.5. The Labute approximate surface area is 237 Å². The number of fused-ring (bicyclic) bond motifs is 6. The van der Waals surface area contributed by atoms with Crippen LogP contribution < -0.4 is 4.74 Å². The molecule has 6 heteroatoms. The summed E-state index contributed by atoms with van der Waals surface area (Å²) in [5, 5.41) is 0. The maximum Gasteiger partial charge on any atom is 0.344 e. The number of esters is 1. The van der Waals surface area contributed by atoms with Gasteiger partial charge in [-0.3, -0.25) is 4.55 Å². The smallest absolute Gasteiger partial charge is 0.344 e. The molecule has 0 aromatic heterocycles. The lowest BCUT2D eigenvalue weighted by molar-refractivity contribution is 0.0730. The van der Waals surface area contributed by atoms with Gasteiger partial charge in [-0.15, -0.1) is 0 Å². The zero-order valence-electron chi connectivity index (χ0n) is 23.1. The number of rotatable bonds is 6. The van der Waals surface area contributed by atoms with Gasteiger partial charge in [-0.25, -0.2) is 4.79 Å². The molecular weight excluding hydrogens is 520 g/mol. The molecule has 6 aliphatic carbocycles. The molecule has 212 valence electrons. The van der Waals surface area contributed by atoms with E-state index in [0.717, 1.165) is 29.2 Å². The summed E-state index contributed by atoms with van der Waals surface area (Å²) in [5.41, 5.74) is 4.83. The Morgan fingerprint density at radius 2 is 1.15 bits per heavy atom. The third kappa shape index (κ3) is 4.27. The summed E-state index contributed by atoms with van der Waals surface area (Å²) in [5.74, 6) is 6.06. The minimum atomic E-state index is -4.30. The number of hydrogen-bond donors (Lipinski definition) is 1. The summed E-state index contributed by atoms with van der Waals surface area (Å²) >= 11 is 0. The van der Waals surface area contributed by atoms with Crippen LogP contribution in [0.1, 0.15) is 122 Å². The van der Waals surface area contributed by atoms with Crippen molar-refractivity contribution in [3.05, 3.63) is 58.7 Å². The zero-order chi connectivity index (χ0) is 27.2. The molecule has 1 N–H and O–H groups in total. The number of benzene rings is 2. The lowest BCUT2D eigenvalue weighted by atomic mass is 9.72. The second kappa shape index (κ2) is 9.42. The van der Waals surface area contributed by atoms with E-state index in [-0.39, 0.29) is 10.9 Å². The highest BCUT2D eigenvalue weighted by Crippen LogP contribution is 2.59. The van der Waals surface area contributed by atoms with Gasteiger partial charge >= 0.3 is 5.97 Å². The van der Waals surface area contributed by atoms with Crippen LogP contribution in [-0.4, -0.2) is 18.9 Å². The van der Waals surface area contributed by atoms with Crippen molar-refractivity contribution >= 4 is 16.1 Å². The van der Waals surface area contributed by atoms with Crippen LogP contribution >= 0.6 is 0 Å². The molecule has 6 bridgehead atoms.